The SMILES string of the molecule is COc1cc(-c2nnc(CSc3nccn3-c3cccc(C)c3)o2)cc(OC)c1OC. The molecule has 2 heterocycles. The van der Waals surface area contributed by atoms with Gasteiger partial charge in [-0.25, -0.2) is 4.98 Å². The fourth-order valence-corrected chi connectivity index (χ4v) is 3.94. The van der Waals surface area contributed by atoms with Crippen molar-refractivity contribution in [2.24, 2.45) is 0 Å². The lowest BCUT2D eigenvalue weighted by Crippen LogP contribution is -1.95. The summed E-state index contributed by atoms with van der Waals surface area (Å²) in [5, 5.41) is 9.20. The number of benzene rings is 2. The first-order chi connectivity index (χ1) is 15.1. The summed E-state index contributed by atoms with van der Waals surface area (Å²) >= 11 is 1.52. The molecule has 2 aromatic heterocycles. The van der Waals surface area contributed by atoms with Crippen molar-refractivity contribution < 1.29 is 18.6 Å². The van der Waals surface area contributed by atoms with Crippen LogP contribution in [0.15, 0.2) is 58.4 Å². The van der Waals surface area contributed by atoms with E-state index in [2.05, 4.69) is 34.2 Å². The van der Waals surface area contributed by atoms with Gasteiger partial charge in [0.1, 0.15) is 0 Å². The van der Waals surface area contributed by atoms with Crippen LogP contribution >= 0.6 is 11.8 Å². The Bertz CT molecular complexity index is 1160. The fraction of sp³-hybridized carbons (Fsp3) is 0.227. The molecule has 0 atom stereocenters. The number of hydrogen-bond donors (Lipinski definition) is 0. The average Bonchev–Trinajstić information content (AvgIpc) is 3.46. The molecule has 0 aliphatic heterocycles. The predicted octanol–water partition coefficient (Wildman–Crippen LogP) is 4.55. The van der Waals surface area contributed by atoms with Crippen molar-refractivity contribution in [1.29, 1.82) is 0 Å². The number of ether oxygens (including phenoxy) is 3. The quantitative estimate of drug-likeness (QED) is 0.371. The van der Waals surface area contributed by atoms with E-state index in [1.165, 1.54) is 17.3 Å². The molecule has 0 bridgehead atoms. The minimum atomic E-state index is 0.372. The summed E-state index contributed by atoms with van der Waals surface area (Å²) in [5.74, 6) is 2.90. The molecule has 0 fully saturated rings. The van der Waals surface area contributed by atoms with E-state index in [4.69, 9.17) is 18.6 Å². The maximum Gasteiger partial charge on any atom is 0.248 e. The van der Waals surface area contributed by atoms with Crippen LogP contribution in [0.1, 0.15) is 11.5 Å². The smallest absolute Gasteiger partial charge is 0.248 e. The van der Waals surface area contributed by atoms with E-state index >= 15 is 0 Å². The highest BCUT2D eigenvalue weighted by molar-refractivity contribution is 7.98. The van der Waals surface area contributed by atoms with Crippen molar-refractivity contribution in [2.45, 2.75) is 17.8 Å². The molecule has 0 spiro atoms. The highest BCUT2D eigenvalue weighted by atomic mass is 32.2. The summed E-state index contributed by atoms with van der Waals surface area (Å²) < 4.78 is 24.1. The Morgan fingerprint density at radius 1 is 1.00 bits per heavy atom. The topological polar surface area (TPSA) is 84.4 Å². The van der Waals surface area contributed by atoms with E-state index in [1.54, 1.807) is 39.7 Å². The molecule has 9 heteroatoms. The molecule has 4 rings (SSSR count). The van der Waals surface area contributed by atoms with Gasteiger partial charge < -0.3 is 18.6 Å². The first kappa shape index (κ1) is 20.8. The van der Waals surface area contributed by atoms with Gasteiger partial charge in [-0.3, -0.25) is 4.57 Å². The lowest BCUT2D eigenvalue weighted by molar-refractivity contribution is 0.324. The molecule has 2 aromatic carbocycles. The van der Waals surface area contributed by atoms with Gasteiger partial charge in [-0.1, -0.05) is 23.9 Å². The molecule has 31 heavy (non-hydrogen) atoms. The Kier molecular flexibility index (Phi) is 6.13. The number of aryl methyl sites for hydroxylation is 1. The van der Waals surface area contributed by atoms with Crippen LogP contribution in [-0.2, 0) is 5.75 Å². The molecular formula is C22H22N4O4S. The van der Waals surface area contributed by atoms with Crippen LogP contribution in [0.5, 0.6) is 17.2 Å². The van der Waals surface area contributed by atoms with Gasteiger partial charge in [-0.15, -0.1) is 10.2 Å². The Morgan fingerprint density at radius 3 is 2.45 bits per heavy atom. The zero-order chi connectivity index (χ0) is 21.8. The van der Waals surface area contributed by atoms with E-state index in [0.717, 1.165) is 10.8 Å². The van der Waals surface area contributed by atoms with Crippen LogP contribution in [0.25, 0.3) is 17.1 Å². The Morgan fingerprint density at radius 2 is 1.77 bits per heavy atom. The van der Waals surface area contributed by atoms with E-state index in [9.17, 15) is 0 Å². The summed E-state index contributed by atoms with van der Waals surface area (Å²) in [7, 11) is 4.68. The summed E-state index contributed by atoms with van der Waals surface area (Å²) in [6, 6.07) is 11.8. The third-order valence-corrected chi connectivity index (χ3v) is 5.54. The Hall–Kier alpha value is -3.46. The van der Waals surface area contributed by atoms with Gasteiger partial charge in [0.2, 0.25) is 17.5 Å². The summed E-state index contributed by atoms with van der Waals surface area (Å²) in [5.41, 5.74) is 2.93. The molecule has 0 amide bonds. The maximum absolute atomic E-state index is 5.87. The summed E-state index contributed by atoms with van der Waals surface area (Å²) in [4.78, 5) is 4.46. The van der Waals surface area contributed by atoms with E-state index in [1.807, 2.05) is 22.9 Å². The van der Waals surface area contributed by atoms with Crippen LogP contribution in [0.3, 0.4) is 0 Å². The molecule has 4 aromatic rings. The Balaban J connectivity index is 1.53. The van der Waals surface area contributed by atoms with E-state index < -0.39 is 0 Å². The molecule has 160 valence electrons. The van der Waals surface area contributed by atoms with Gasteiger partial charge in [-0.05, 0) is 36.8 Å². The van der Waals surface area contributed by atoms with Gasteiger partial charge in [0.05, 0.1) is 27.1 Å². The van der Waals surface area contributed by atoms with Gasteiger partial charge >= 0.3 is 0 Å². The minimum absolute atomic E-state index is 0.372. The number of thioether (sulfide) groups is 1. The number of methoxy groups -OCH3 is 3. The second kappa shape index (κ2) is 9.13. The average molecular weight is 439 g/mol. The molecular weight excluding hydrogens is 416 g/mol. The fourth-order valence-electron chi connectivity index (χ4n) is 3.13. The van der Waals surface area contributed by atoms with Gasteiger partial charge in [0.25, 0.3) is 0 Å². The summed E-state index contributed by atoms with van der Waals surface area (Å²) in [6.45, 7) is 2.07. The number of imidazole rings is 1. The lowest BCUT2D eigenvalue weighted by Gasteiger charge is -2.12. The number of aromatic nitrogens is 4. The molecule has 0 saturated heterocycles. The van der Waals surface area contributed by atoms with Crippen molar-refractivity contribution >= 4 is 11.8 Å². The van der Waals surface area contributed by atoms with Crippen LogP contribution in [-0.4, -0.2) is 41.1 Å². The zero-order valence-corrected chi connectivity index (χ0v) is 18.5. The molecule has 0 unspecified atom stereocenters. The third kappa shape index (κ3) is 4.36. The molecule has 0 saturated carbocycles. The molecule has 0 aliphatic carbocycles. The van der Waals surface area contributed by atoms with Crippen LogP contribution in [0, 0.1) is 6.92 Å². The lowest BCUT2D eigenvalue weighted by atomic mass is 10.2. The van der Waals surface area contributed by atoms with Crippen LogP contribution in [0.4, 0.5) is 0 Å². The molecule has 8 nitrogen and oxygen atoms in total. The first-order valence-electron chi connectivity index (χ1n) is 9.49. The number of hydrogen-bond acceptors (Lipinski definition) is 8. The molecule has 0 N–H and O–H groups in total. The second-order valence-electron chi connectivity index (χ2n) is 6.62. The first-order valence-corrected chi connectivity index (χ1v) is 10.5. The highest BCUT2D eigenvalue weighted by Gasteiger charge is 2.18. The maximum atomic E-state index is 5.87. The van der Waals surface area contributed by atoms with Gasteiger partial charge in [0, 0.05) is 23.6 Å². The van der Waals surface area contributed by atoms with Crippen LogP contribution < -0.4 is 14.2 Å². The molecule has 0 radical (unpaired) electrons. The predicted molar refractivity (Wildman–Crippen MR) is 117 cm³/mol. The number of rotatable bonds is 8. The third-order valence-electron chi connectivity index (χ3n) is 4.59. The monoisotopic (exact) mass is 438 g/mol. The second-order valence-corrected chi connectivity index (χ2v) is 7.56. The van der Waals surface area contributed by atoms with Crippen molar-refractivity contribution in [3.63, 3.8) is 0 Å². The number of nitrogens with zero attached hydrogens (tertiary/aromatic N) is 4. The van der Waals surface area contributed by atoms with Crippen LogP contribution in [0.2, 0.25) is 0 Å². The van der Waals surface area contributed by atoms with Gasteiger partial charge in [0.15, 0.2) is 16.7 Å². The molecule has 0 aliphatic rings. The van der Waals surface area contributed by atoms with E-state index in [0.29, 0.717) is 40.3 Å². The van der Waals surface area contributed by atoms with Crippen molar-refractivity contribution in [2.75, 3.05) is 21.3 Å². The van der Waals surface area contributed by atoms with Gasteiger partial charge in [-0.2, -0.15) is 0 Å². The largest absolute Gasteiger partial charge is 0.493 e. The highest BCUT2D eigenvalue weighted by Crippen LogP contribution is 2.41. The summed E-state index contributed by atoms with van der Waals surface area (Å²) in [6.07, 6.45) is 3.71. The van der Waals surface area contributed by atoms with Crippen molar-refractivity contribution in [3.8, 4) is 34.4 Å². The standard InChI is InChI=1S/C22H22N4O4S/c1-14-6-5-7-16(10-14)26-9-8-23-22(26)31-13-19-24-25-21(30-19)15-11-17(27-2)20(29-4)18(12-15)28-3/h5-12H,13H2,1-4H3. The normalized spacial score (nSPS) is 10.8. The minimum Gasteiger partial charge on any atom is -0.493 e. The Labute approximate surface area is 184 Å². The van der Waals surface area contributed by atoms with Crippen molar-refractivity contribution in [3.05, 3.63) is 60.2 Å². The zero-order valence-electron chi connectivity index (χ0n) is 17.7. The van der Waals surface area contributed by atoms with Crippen molar-refractivity contribution in [1.82, 2.24) is 19.7 Å². The van der Waals surface area contributed by atoms with E-state index in [-0.39, 0.29) is 0 Å².